The summed E-state index contributed by atoms with van der Waals surface area (Å²) in [6.45, 7) is 5.92. The highest BCUT2D eigenvalue weighted by Crippen LogP contribution is 2.27. The lowest BCUT2D eigenvalue weighted by atomic mass is 9.97. The normalized spacial score (nSPS) is 10.1. The maximum Gasteiger partial charge on any atom is 0.268 e. The van der Waals surface area contributed by atoms with Crippen LogP contribution in [0.4, 0.5) is 0 Å². The van der Waals surface area contributed by atoms with Gasteiger partial charge in [-0.1, -0.05) is 38.1 Å². The van der Waals surface area contributed by atoms with Crippen LogP contribution >= 0.6 is 0 Å². The molecule has 4 nitrogen and oxygen atoms in total. The van der Waals surface area contributed by atoms with E-state index in [-0.39, 0.29) is 5.56 Å². The van der Waals surface area contributed by atoms with Gasteiger partial charge in [-0.25, -0.2) is 0 Å². The Morgan fingerprint density at radius 2 is 1.45 bits per heavy atom. The summed E-state index contributed by atoms with van der Waals surface area (Å²) in [4.78, 5) is 26.5. The van der Waals surface area contributed by atoms with Crippen LogP contribution in [0.5, 0.6) is 5.75 Å². The van der Waals surface area contributed by atoms with Crippen molar-refractivity contribution in [3.63, 3.8) is 0 Å². The van der Waals surface area contributed by atoms with Gasteiger partial charge >= 0.3 is 0 Å². The highest BCUT2D eigenvalue weighted by molar-refractivity contribution is 5.76. The van der Waals surface area contributed by atoms with E-state index in [4.69, 9.17) is 0 Å². The number of pyridine rings is 1. The molecule has 0 aliphatic carbocycles. The van der Waals surface area contributed by atoms with Gasteiger partial charge in [0, 0.05) is 11.9 Å². The van der Waals surface area contributed by atoms with Crippen LogP contribution in [-0.4, -0.2) is 10.1 Å². The van der Waals surface area contributed by atoms with E-state index in [0.717, 1.165) is 16.8 Å². The second kappa shape index (κ2) is 6.35. The summed E-state index contributed by atoms with van der Waals surface area (Å²) >= 11 is 0. The molecule has 112 valence electrons. The molecular weight excluding hydrogens is 278 g/mol. The third-order valence-electron chi connectivity index (χ3n) is 3.29. The lowest BCUT2D eigenvalue weighted by Crippen LogP contribution is -2.31. The molecule has 0 bridgehead atoms. The minimum absolute atomic E-state index is 0.104. The highest BCUT2D eigenvalue weighted by Gasteiger charge is 2.21. The zero-order chi connectivity index (χ0) is 16.3. The first kappa shape index (κ1) is 15.6. The average molecular weight is 295 g/mol. The molecule has 4 heteroatoms. The SMILES string of the molecule is CC.Cc1cc(-c2ccc(-c3c(O)c(=O)c3=O)cc2)ccn1. The smallest absolute Gasteiger partial charge is 0.268 e. The molecule has 0 radical (unpaired) electrons. The number of benzene rings is 1. The maximum absolute atomic E-state index is 11.4. The van der Waals surface area contributed by atoms with E-state index in [2.05, 4.69) is 4.98 Å². The van der Waals surface area contributed by atoms with Crippen molar-refractivity contribution in [2.75, 3.05) is 0 Å². The number of rotatable bonds is 2. The van der Waals surface area contributed by atoms with E-state index in [1.807, 2.05) is 45.0 Å². The van der Waals surface area contributed by atoms with Crippen molar-refractivity contribution in [1.82, 2.24) is 4.98 Å². The molecule has 0 aliphatic rings. The van der Waals surface area contributed by atoms with E-state index in [9.17, 15) is 14.7 Å². The zero-order valence-electron chi connectivity index (χ0n) is 12.8. The number of hydrogen-bond donors (Lipinski definition) is 1. The Labute approximate surface area is 128 Å². The monoisotopic (exact) mass is 295 g/mol. The van der Waals surface area contributed by atoms with E-state index in [1.165, 1.54) is 0 Å². The van der Waals surface area contributed by atoms with E-state index in [0.29, 0.717) is 5.56 Å². The predicted octanol–water partition coefficient (Wildman–Crippen LogP) is 3.05. The van der Waals surface area contributed by atoms with Gasteiger partial charge in [0.25, 0.3) is 5.43 Å². The van der Waals surface area contributed by atoms with Crippen molar-refractivity contribution < 1.29 is 5.11 Å². The second-order valence-corrected chi connectivity index (χ2v) is 4.65. The molecule has 0 unspecified atom stereocenters. The molecule has 3 aromatic rings. The van der Waals surface area contributed by atoms with Crippen molar-refractivity contribution in [3.05, 3.63) is 68.7 Å². The van der Waals surface area contributed by atoms with Crippen molar-refractivity contribution in [2.24, 2.45) is 0 Å². The van der Waals surface area contributed by atoms with Crippen LogP contribution in [0, 0.1) is 6.92 Å². The van der Waals surface area contributed by atoms with Gasteiger partial charge in [-0.05, 0) is 35.7 Å². The number of nitrogens with zero attached hydrogens (tertiary/aromatic N) is 1. The molecule has 0 saturated carbocycles. The van der Waals surface area contributed by atoms with Crippen LogP contribution in [0.2, 0.25) is 0 Å². The molecule has 2 aromatic carbocycles. The summed E-state index contributed by atoms with van der Waals surface area (Å²) < 4.78 is 0. The van der Waals surface area contributed by atoms with E-state index < -0.39 is 16.6 Å². The van der Waals surface area contributed by atoms with E-state index in [1.54, 1.807) is 18.3 Å². The Balaban J connectivity index is 0.000000847. The molecule has 0 fully saturated rings. The third-order valence-corrected chi connectivity index (χ3v) is 3.29. The molecule has 0 atom stereocenters. The largest absolute Gasteiger partial charge is 0.503 e. The molecule has 1 N–H and O–H groups in total. The van der Waals surface area contributed by atoms with E-state index >= 15 is 0 Å². The Hall–Kier alpha value is -2.75. The summed E-state index contributed by atoms with van der Waals surface area (Å²) in [6, 6.07) is 11.0. The molecule has 1 heterocycles. The molecular formula is C18H17NO3. The first-order chi connectivity index (χ1) is 10.6. The van der Waals surface area contributed by atoms with Crippen molar-refractivity contribution in [1.29, 1.82) is 0 Å². The minimum atomic E-state index is -0.811. The summed E-state index contributed by atoms with van der Waals surface area (Å²) in [5.41, 5.74) is 2.15. The van der Waals surface area contributed by atoms with Gasteiger partial charge in [-0.3, -0.25) is 14.6 Å². The first-order valence-electron chi connectivity index (χ1n) is 7.13. The van der Waals surface area contributed by atoms with Crippen molar-refractivity contribution >= 4 is 0 Å². The fourth-order valence-electron chi connectivity index (χ4n) is 2.20. The van der Waals surface area contributed by atoms with Crippen LogP contribution in [0.3, 0.4) is 0 Å². The standard InChI is InChI=1S/C16H11NO3.C2H6/c1-9-8-12(6-7-17-9)10-2-4-11(5-3-10)13-14(18)16(20)15(13)19;1-2/h2-8,18H,1H3;1-2H3. The lowest BCUT2D eigenvalue weighted by Gasteiger charge is -2.07. The average Bonchev–Trinajstić information content (AvgIpc) is 2.57. The fourth-order valence-corrected chi connectivity index (χ4v) is 2.20. The molecule has 1 aromatic heterocycles. The molecule has 0 amide bonds. The number of aromatic nitrogens is 1. The summed E-state index contributed by atoms with van der Waals surface area (Å²) in [7, 11) is 0. The third kappa shape index (κ3) is 2.68. The minimum Gasteiger partial charge on any atom is -0.503 e. The number of aryl methyl sites for hydroxylation is 1. The maximum atomic E-state index is 11.4. The van der Waals surface area contributed by atoms with Crippen molar-refractivity contribution in [2.45, 2.75) is 20.8 Å². The fraction of sp³-hybridized carbons (Fsp3) is 0.167. The van der Waals surface area contributed by atoms with Gasteiger partial charge in [0.05, 0.1) is 5.56 Å². The van der Waals surface area contributed by atoms with Crippen LogP contribution in [-0.2, 0) is 0 Å². The molecule has 0 aliphatic heterocycles. The first-order valence-corrected chi connectivity index (χ1v) is 7.13. The highest BCUT2D eigenvalue weighted by atomic mass is 16.3. The zero-order valence-corrected chi connectivity index (χ0v) is 12.8. The Bertz CT molecular complexity index is 857. The number of aromatic hydroxyl groups is 1. The predicted molar refractivity (Wildman–Crippen MR) is 87.8 cm³/mol. The topological polar surface area (TPSA) is 67.3 Å². The summed E-state index contributed by atoms with van der Waals surface area (Å²) in [6.07, 6.45) is 1.74. The number of hydrogen-bond acceptors (Lipinski definition) is 4. The Morgan fingerprint density at radius 1 is 0.864 bits per heavy atom. The summed E-state index contributed by atoms with van der Waals surface area (Å²) in [5.74, 6) is -0.442. The summed E-state index contributed by atoms with van der Waals surface area (Å²) in [5, 5.41) is 9.42. The van der Waals surface area contributed by atoms with Gasteiger partial charge in [0.2, 0.25) is 5.43 Å². The van der Waals surface area contributed by atoms with Crippen LogP contribution in [0.25, 0.3) is 22.3 Å². The van der Waals surface area contributed by atoms with Crippen LogP contribution in [0.15, 0.2) is 52.2 Å². The van der Waals surface area contributed by atoms with Gasteiger partial charge < -0.3 is 5.11 Å². The molecule has 22 heavy (non-hydrogen) atoms. The molecule has 0 saturated heterocycles. The molecule has 0 spiro atoms. The quantitative estimate of drug-likeness (QED) is 0.738. The van der Waals surface area contributed by atoms with Gasteiger partial charge in [0.15, 0.2) is 5.75 Å². The van der Waals surface area contributed by atoms with Crippen LogP contribution in [0.1, 0.15) is 19.5 Å². The lowest BCUT2D eigenvalue weighted by molar-refractivity contribution is 0.465. The Kier molecular flexibility index (Phi) is 4.51. The second-order valence-electron chi connectivity index (χ2n) is 4.65. The Morgan fingerprint density at radius 3 is 2.00 bits per heavy atom. The van der Waals surface area contributed by atoms with Gasteiger partial charge in [-0.15, -0.1) is 0 Å². The molecule has 3 rings (SSSR count). The van der Waals surface area contributed by atoms with Crippen molar-refractivity contribution in [3.8, 4) is 28.0 Å². The van der Waals surface area contributed by atoms with Gasteiger partial charge in [-0.2, -0.15) is 0 Å². The van der Waals surface area contributed by atoms with Gasteiger partial charge in [0.1, 0.15) is 0 Å². The van der Waals surface area contributed by atoms with Crippen LogP contribution < -0.4 is 10.9 Å².